The van der Waals surface area contributed by atoms with Crippen LogP contribution in [0, 0.1) is 0 Å². The summed E-state index contributed by atoms with van der Waals surface area (Å²) in [6.45, 7) is 0.994. The Bertz CT molecular complexity index is 1200. The van der Waals surface area contributed by atoms with Crippen LogP contribution in [0.4, 0.5) is 5.69 Å². The summed E-state index contributed by atoms with van der Waals surface area (Å²) in [5.41, 5.74) is 1.20. The lowest BCUT2D eigenvalue weighted by Crippen LogP contribution is -2.45. The van der Waals surface area contributed by atoms with Crippen molar-refractivity contribution in [3.05, 3.63) is 84.3 Å². The summed E-state index contributed by atoms with van der Waals surface area (Å²) in [5.74, 6) is -0.879. The minimum absolute atomic E-state index is 0.0968. The maximum atomic E-state index is 13.1. The fourth-order valence-electron chi connectivity index (χ4n) is 3.74. The lowest BCUT2D eigenvalue weighted by atomic mass is 10.0. The van der Waals surface area contributed by atoms with E-state index in [-0.39, 0.29) is 17.1 Å². The highest BCUT2D eigenvalue weighted by Gasteiger charge is 2.28. The van der Waals surface area contributed by atoms with Crippen LogP contribution in [0.3, 0.4) is 0 Å². The highest BCUT2D eigenvalue weighted by molar-refractivity contribution is 7.89. The molecule has 0 saturated carbocycles. The van der Waals surface area contributed by atoms with E-state index in [1.807, 2.05) is 30.3 Å². The van der Waals surface area contributed by atoms with Gasteiger partial charge >= 0.3 is 0 Å². The van der Waals surface area contributed by atoms with Crippen LogP contribution in [0.2, 0.25) is 0 Å². The van der Waals surface area contributed by atoms with Gasteiger partial charge in [-0.05, 0) is 48.7 Å². The highest BCUT2D eigenvalue weighted by atomic mass is 32.2. The number of amides is 2. The van der Waals surface area contributed by atoms with E-state index < -0.39 is 27.9 Å². The Balaban J connectivity index is 1.53. The first kappa shape index (κ1) is 22.8. The smallest absolute Gasteiger partial charge is 0.287 e. The average Bonchev–Trinajstić information content (AvgIpc) is 3.54. The van der Waals surface area contributed by atoms with Gasteiger partial charge in [-0.15, -0.1) is 0 Å². The predicted octanol–water partition coefficient (Wildman–Crippen LogP) is 3.04. The SMILES string of the molecule is O=C(N[C@@H](Cc1ccccc1)C(=O)Nc1cccc(S(=O)(=O)N2CCCC2)c1)c1ccco1. The maximum Gasteiger partial charge on any atom is 0.287 e. The third kappa shape index (κ3) is 5.50. The second-order valence-electron chi connectivity index (χ2n) is 7.82. The number of carbonyl (C=O) groups excluding carboxylic acids is 2. The van der Waals surface area contributed by atoms with Crippen LogP contribution < -0.4 is 10.6 Å². The number of benzene rings is 2. The topological polar surface area (TPSA) is 109 Å². The highest BCUT2D eigenvalue weighted by Crippen LogP contribution is 2.23. The minimum Gasteiger partial charge on any atom is -0.459 e. The van der Waals surface area contributed by atoms with Crippen molar-refractivity contribution in [1.82, 2.24) is 9.62 Å². The molecule has 0 bridgehead atoms. The number of nitrogens with one attached hydrogen (secondary N) is 2. The molecule has 1 saturated heterocycles. The van der Waals surface area contributed by atoms with Gasteiger partial charge in [-0.2, -0.15) is 4.31 Å². The van der Waals surface area contributed by atoms with E-state index >= 15 is 0 Å². The third-order valence-electron chi connectivity index (χ3n) is 5.45. The largest absolute Gasteiger partial charge is 0.459 e. The molecule has 8 nitrogen and oxygen atoms in total. The molecule has 1 atom stereocenters. The number of hydrogen-bond acceptors (Lipinski definition) is 5. The standard InChI is InChI=1S/C24H25N3O5S/c28-23(25-19-10-6-11-20(17-19)33(30,31)27-13-4-5-14-27)21(16-18-8-2-1-3-9-18)26-24(29)22-12-7-15-32-22/h1-3,6-12,15,17,21H,4-5,13-14,16H2,(H,25,28)(H,26,29)/t21-/m0/s1. The predicted molar refractivity (Wildman–Crippen MR) is 123 cm³/mol. The Morgan fingerprint density at radius 2 is 1.73 bits per heavy atom. The zero-order valence-electron chi connectivity index (χ0n) is 17.9. The van der Waals surface area contributed by atoms with Crippen molar-refractivity contribution >= 4 is 27.5 Å². The van der Waals surface area contributed by atoms with E-state index in [1.54, 1.807) is 18.2 Å². The molecule has 0 spiro atoms. The second-order valence-corrected chi connectivity index (χ2v) is 9.76. The summed E-state index contributed by atoms with van der Waals surface area (Å²) in [5, 5.41) is 5.46. The monoisotopic (exact) mass is 467 g/mol. The summed E-state index contributed by atoms with van der Waals surface area (Å²) < 4.78 is 32.3. The van der Waals surface area contributed by atoms with Gasteiger partial charge in [-0.25, -0.2) is 8.42 Å². The van der Waals surface area contributed by atoms with E-state index in [4.69, 9.17) is 4.42 Å². The molecule has 0 radical (unpaired) electrons. The number of nitrogens with zero attached hydrogens (tertiary/aromatic N) is 1. The fraction of sp³-hybridized carbons (Fsp3) is 0.250. The molecule has 2 heterocycles. The normalized spacial score (nSPS) is 15.2. The van der Waals surface area contributed by atoms with Gasteiger partial charge in [0.05, 0.1) is 11.2 Å². The van der Waals surface area contributed by atoms with Crippen LogP contribution in [0.25, 0.3) is 0 Å². The van der Waals surface area contributed by atoms with Gasteiger partial charge in [0, 0.05) is 25.2 Å². The van der Waals surface area contributed by atoms with Crippen molar-refractivity contribution in [3.8, 4) is 0 Å². The first-order valence-electron chi connectivity index (χ1n) is 10.7. The number of anilines is 1. The minimum atomic E-state index is -3.61. The Hall–Kier alpha value is -3.43. The van der Waals surface area contributed by atoms with Crippen molar-refractivity contribution in [2.75, 3.05) is 18.4 Å². The first-order chi connectivity index (χ1) is 15.9. The molecule has 2 amide bonds. The molecule has 2 N–H and O–H groups in total. The summed E-state index contributed by atoms with van der Waals surface area (Å²) in [6.07, 6.45) is 3.32. The second kappa shape index (κ2) is 10.0. The molecule has 9 heteroatoms. The summed E-state index contributed by atoms with van der Waals surface area (Å²) >= 11 is 0. The van der Waals surface area contributed by atoms with E-state index in [2.05, 4.69) is 10.6 Å². The van der Waals surface area contributed by atoms with E-state index in [0.717, 1.165) is 18.4 Å². The van der Waals surface area contributed by atoms with Gasteiger partial charge in [0.15, 0.2) is 5.76 Å². The zero-order chi connectivity index (χ0) is 23.3. The molecule has 1 aromatic heterocycles. The molecular weight excluding hydrogens is 442 g/mol. The number of carbonyl (C=O) groups is 2. The molecule has 4 rings (SSSR count). The Morgan fingerprint density at radius 3 is 2.42 bits per heavy atom. The van der Waals surface area contributed by atoms with Crippen molar-refractivity contribution in [3.63, 3.8) is 0 Å². The molecule has 172 valence electrons. The van der Waals surface area contributed by atoms with Gasteiger partial charge in [0.2, 0.25) is 15.9 Å². The van der Waals surface area contributed by atoms with Crippen molar-refractivity contribution in [2.24, 2.45) is 0 Å². The van der Waals surface area contributed by atoms with Crippen LogP contribution in [0.1, 0.15) is 29.0 Å². The lowest BCUT2D eigenvalue weighted by molar-refractivity contribution is -0.118. The molecule has 33 heavy (non-hydrogen) atoms. The Morgan fingerprint density at radius 1 is 0.970 bits per heavy atom. The van der Waals surface area contributed by atoms with Crippen LogP contribution in [0.15, 0.2) is 82.3 Å². The maximum absolute atomic E-state index is 13.1. The molecule has 1 aliphatic heterocycles. The summed E-state index contributed by atoms with van der Waals surface area (Å²) in [6, 6.07) is 17.7. The quantitative estimate of drug-likeness (QED) is 0.529. The summed E-state index contributed by atoms with van der Waals surface area (Å²) in [7, 11) is -3.61. The lowest BCUT2D eigenvalue weighted by Gasteiger charge is -2.19. The van der Waals surface area contributed by atoms with Crippen molar-refractivity contribution < 1.29 is 22.4 Å². The van der Waals surface area contributed by atoms with Crippen LogP contribution in [-0.4, -0.2) is 43.7 Å². The Labute approximate surface area is 192 Å². The number of hydrogen-bond donors (Lipinski definition) is 2. The molecule has 0 unspecified atom stereocenters. The van der Waals surface area contributed by atoms with E-state index in [9.17, 15) is 18.0 Å². The fourth-order valence-corrected chi connectivity index (χ4v) is 5.30. The number of furan rings is 1. The van der Waals surface area contributed by atoms with Crippen molar-refractivity contribution in [1.29, 1.82) is 0 Å². The van der Waals surface area contributed by atoms with Gasteiger partial charge in [0.1, 0.15) is 6.04 Å². The molecule has 0 aliphatic carbocycles. The van der Waals surface area contributed by atoms with Gasteiger partial charge in [0.25, 0.3) is 5.91 Å². The van der Waals surface area contributed by atoms with Crippen LogP contribution >= 0.6 is 0 Å². The van der Waals surface area contributed by atoms with Crippen LogP contribution in [0.5, 0.6) is 0 Å². The van der Waals surface area contributed by atoms with E-state index in [1.165, 1.54) is 28.8 Å². The van der Waals surface area contributed by atoms with Gasteiger partial charge < -0.3 is 15.1 Å². The van der Waals surface area contributed by atoms with Crippen molar-refractivity contribution in [2.45, 2.75) is 30.2 Å². The number of rotatable bonds is 8. The third-order valence-corrected chi connectivity index (χ3v) is 7.35. The average molecular weight is 468 g/mol. The molecular formula is C24H25N3O5S. The van der Waals surface area contributed by atoms with Gasteiger partial charge in [-0.3, -0.25) is 9.59 Å². The molecule has 1 fully saturated rings. The van der Waals surface area contributed by atoms with E-state index in [0.29, 0.717) is 18.8 Å². The zero-order valence-corrected chi connectivity index (χ0v) is 18.8. The molecule has 1 aliphatic rings. The molecule has 2 aromatic carbocycles. The molecule has 3 aromatic rings. The Kier molecular flexibility index (Phi) is 6.90. The number of sulfonamides is 1. The summed E-state index contributed by atoms with van der Waals surface area (Å²) in [4.78, 5) is 25.8. The van der Waals surface area contributed by atoms with Gasteiger partial charge in [-0.1, -0.05) is 36.4 Å². The first-order valence-corrected chi connectivity index (χ1v) is 12.2. The van der Waals surface area contributed by atoms with Crippen LogP contribution in [-0.2, 0) is 21.2 Å².